The van der Waals surface area contributed by atoms with Gasteiger partial charge in [0, 0.05) is 24.6 Å². The quantitative estimate of drug-likeness (QED) is 0.884. The lowest BCUT2D eigenvalue weighted by atomic mass is 9.96. The highest BCUT2D eigenvalue weighted by Gasteiger charge is 2.22. The number of aromatic amines is 1. The molecule has 0 amide bonds. The lowest BCUT2D eigenvalue weighted by molar-refractivity contribution is 0.433. The SMILES string of the molecule is Cc1ccc(C(C)C)cc1-c1cnc(C2CNC2)[nH]1. The Kier molecular flexibility index (Phi) is 3.15. The lowest BCUT2D eigenvalue weighted by Gasteiger charge is -2.24. The number of aromatic nitrogens is 2. The van der Waals surface area contributed by atoms with Gasteiger partial charge in [0.25, 0.3) is 0 Å². The van der Waals surface area contributed by atoms with E-state index in [1.165, 1.54) is 16.7 Å². The largest absolute Gasteiger partial charge is 0.342 e. The molecule has 2 N–H and O–H groups in total. The molecule has 1 saturated heterocycles. The zero-order valence-electron chi connectivity index (χ0n) is 11.8. The number of hydrogen-bond acceptors (Lipinski definition) is 2. The summed E-state index contributed by atoms with van der Waals surface area (Å²) in [7, 11) is 0. The smallest absolute Gasteiger partial charge is 0.112 e. The number of nitrogens with zero attached hydrogens (tertiary/aromatic N) is 1. The molecular weight excluding hydrogens is 234 g/mol. The Morgan fingerprint density at radius 1 is 1.26 bits per heavy atom. The summed E-state index contributed by atoms with van der Waals surface area (Å²) in [6, 6.07) is 6.71. The molecular formula is C16H21N3. The topological polar surface area (TPSA) is 40.7 Å². The molecule has 2 heterocycles. The molecule has 0 aliphatic carbocycles. The molecule has 1 aliphatic rings. The van der Waals surface area contributed by atoms with Crippen LogP contribution in [0.5, 0.6) is 0 Å². The Morgan fingerprint density at radius 3 is 2.68 bits per heavy atom. The molecule has 0 radical (unpaired) electrons. The van der Waals surface area contributed by atoms with Crippen LogP contribution in [0.15, 0.2) is 24.4 Å². The van der Waals surface area contributed by atoms with Crippen molar-refractivity contribution >= 4 is 0 Å². The predicted octanol–water partition coefficient (Wildman–Crippen LogP) is 3.20. The van der Waals surface area contributed by atoms with Gasteiger partial charge < -0.3 is 10.3 Å². The van der Waals surface area contributed by atoms with Crippen LogP contribution in [0.2, 0.25) is 0 Å². The van der Waals surface area contributed by atoms with Crippen LogP contribution in [-0.4, -0.2) is 23.1 Å². The maximum atomic E-state index is 4.53. The van der Waals surface area contributed by atoms with Gasteiger partial charge >= 0.3 is 0 Å². The summed E-state index contributed by atoms with van der Waals surface area (Å²) in [6.45, 7) is 8.69. The highest BCUT2D eigenvalue weighted by Crippen LogP contribution is 2.28. The number of rotatable bonds is 3. The minimum absolute atomic E-state index is 0.553. The minimum Gasteiger partial charge on any atom is -0.342 e. The standard InChI is InChI=1S/C16H21N3/c1-10(2)12-5-4-11(3)14(6-12)15-9-18-16(19-15)13-7-17-8-13/h4-6,9-10,13,17H,7-8H2,1-3H3,(H,18,19). The molecule has 1 aromatic carbocycles. The number of H-pyrrole nitrogens is 1. The molecule has 3 rings (SSSR count). The first-order valence-corrected chi connectivity index (χ1v) is 7.01. The van der Waals surface area contributed by atoms with Crippen molar-refractivity contribution in [1.29, 1.82) is 0 Å². The van der Waals surface area contributed by atoms with E-state index >= 15 is 0 Å². The summed E-state index contributed by atoms with van der Waals surface area (Å²) in [5.74, 6) is 2.23. The molecule has 1 aliphatic heterocycles. The van der Waals surface area contributed by atoms with Gasteiger partial charge in [0.15, 0.2) is 0 Å². The second-order valence-electron chi connectivity index (χ2n) is 5.77. The van der Waals surface area contributed by atoms with Crippen LogP contribution in [0.1, 0.15) is 42.6 Å². The van der Waals surface area contributed by atoms with E-state index in [2.05, 4.69) is 54.3 Å². The van der Waals surface area contributed by atoms with E-state index in [9.17, 15) is 0 Å². The van der Waals surface area contributed by atoms with Crippen molar-refractivity contribution in [1.82, 2.24) is 15.3 Å². The maximum Gasteiger partial charge on any atom is 0.112 e. The highest BCUT2D eigenvalue weighted by molar-refractivity contribution is 5.64. The fourth-order valence-corrected chi connectivity index (χ4v) is 2.45. The predicted molar refractivity (Wildman–Crippen MR) is 78.5 cm³/mol. The van der Waals surface area contributed by atoms with Gasteiger partial charge in [-0.1, -0.05) is 26.0 Å². The Hall–Kier alpha value is -1.61. The van der Waals surface area contributed by atoms with Crippen molar-refractivity contribution in [2.24, 2.45) is 0 Å². The van der Waals surface area contributed by atoms with Crippen LogP contribution in [0.4, 0.5) is 0 Å². The average Bonchev–Trinajstić information content (AvgIpc) is 2.76. The number of benzene rings is 1. The van der Waals surface area contributed by atoms with Crippen molar-refractivity contribution in [2.45, 2.75) is 32.6 Å². The summed E-state index contributed by atoms with van der Waals surface area (Å²) in [6.07, 6.45) is 1.97. The molecule has 1 aromatic heterocycles. The maximum absolute atomic E-state index is 4.53. The molecule has 19 heavy (non-hydrogen) atoms. The third kappa shape index (κ3) is 2.30. The number of aryl methyl sites for hydroxylation is 1. The van der Waals surface area contributed by atoms with Gasteiger partial charge in [0.2, 0.25) is 0 Å². The third-order valence-electron chi connectivity index (χ3n) is 3.98. The van der Waals surface area contributed by atoms with Gasteiger partial charge in [-0.25, -0.2) is 4.98 Å². The molecule has 1 fully saturated rings. The minimum atomic E-state index is 0.553. The van der Waals surface area contributed by atoms with E-state index in [1.54, 1.807) is 0 Å². The molecule has 3 nitrogen and oxygen atoms in total. The number of nitrogens with one attached hydrogen (secondary N) is 2. The summed E-state index contributed by atoms with van der Waals surface area (Å²) >= 11 is 0. The second kappa shape index (κ2) is 4.82. The van der Waals surface area contributed by atoms with Crippen molar-refractivity contribution < 1.29 is 0 Å². The first-order chi connectivity index (χ1) is 9.15. The summed E-state index contributed by atoms with van der Waals surface area (Å²) in [4.78, 5) is 8.02. The lowest BCUT2D eigenvalue weighted by Crippen LogP contribution is -2.40. The fourth-order valence-electron chi connectivity index (χ4n) is 2.45. The van der Waals surface area contributed by atoms with Crippen LogP contribution in [0.25, 0.3) is 11.3 Å². The first kappa shape index (κ1) is 12.4. The van der Waals surface area contributed by atoms with Crippen LogP contribution in [-0.2, 0) is 0 Å². The van der Waals surface area contributed by atoms with Crippen LogP contribution >= 0.6 is 0 Å². The molecule has 0 atom stereocenters. The van der Waals surface area contributed by atoms with Gasteiger partial charge in [-0.05, 0) is 30.0 Å². The van der Waals surface area contributed by atoms with Crippen molar-refractivity contribution in [2.75, 3.05) is 13.1 Å². The Labute approximate surface area is 114 Å². The highest BCUT2D eigenvalue weighted by atomic mass is 15.0. The molecule has 0 spiro atoms. The van der Waals surface area contributed by atoms with E-state index in [0.29, 0.717) is 11.8 Å². The molecule has 0 bridgehead atoms. The van der Waals surface area contributed by atoms with Gasteiger partial charge in [0.1, 0.15) is 5.82 Å². The zero-order chi connectivity index (χ0) is 13.4. The number of imidazole rings is 1. The van der Waals surface area contributed by atoms with Gasteiger partial charge in [-0.15, -0.1) is 0 Å². The van der Waals surface area contributed by atoms with Gasteiger partial charge in [-0.3, -0.25) is 0 Å². The van der Waals surface area contributed by atoms with E-state index < -0.39 is 0 Å². The van der Waals surface area contributed by atoms with E-state index in [-0.39, 0.29) is 0 Å². The molecule has 3 heteroatoms. The van der Waals surface area contributed by atoms with Crippen LogP contribution in [0, 0.1) is 6.92 Å². The van der Waals surface area contributed by atoms with E-state index in [4.69, 9.17) is 0 Å². The van der Waals surface area contributed by atoms with Crippen molar-refractivity contribution in [3.63, 3.8) is 0 Å². The van der Waals surface area contributed by atoms with Gasteiger partial charge in [-0.2, -0.15) is 0 Å². The molecule has 2 aromatic rings. The molecule has 0 unspecified atom stereocenters. The zero-order valence-corrected chi connectivity index (χ0v) is 11.8. The summed E-state index contributed by atoms with van der Waals surface area (Å²) in [5.41, 5.74) is 5.09. The summed E-state index contributed by atoms with van der Waals surface area (Å²) < 4.78 is 0. The number of hydrogen-bond donors (Lipinski definition) is 2. The normalized spacial score (nSPS) is 15.8. The van der Waals surface area contributed by atoms with Crippen LogP contribution in [0.3, 0.4) is 0 Å². The van der Waals surface area contributed by atoms with E-state index in [0.717, 1.165) is 24.6 Å². The fraction of sp³-hybridized carbons (Fsp3) is 0.438. The van der Waals surface area contributed by atoms with Gasteiger partial charge in [0.05, 0.1) is 11.9 Å². The molecule has 100 valence electrons. The van der Waals surface area contributed by atoms with Crippen molar-refractivity contribution in [3.8, 4) is 11.3 Å². The Morgan fingerprint density at radius 2 is 2.05 bits per heavy atom. The van der Waals surface area contributed by atoms with E-state index in [1.807, 2.05) is 6.20 Å². The van der Waals surface area contributed by atoms with Crippen LogP contribution < -0.4 is 5.32 Å². The van der Waals surface area contributed by atoms with Crippen molar-refractivity contribution in [3.05, 3.63) is 41.3 Å². The first-order valence-electron chi connectivity index (χ1n) is 7.01. The Bertz CT molecular complexity index is 579. The summed E-state index contributed by atoms with van der Waals surface area (Å²) in [5, 5.41) is 3.28. The Balaban J connectivity index is 1.96. The second-order valence-corrected chi connectivity index (χ2v) is 5.77. The molecule has 0 saturated carbocycles. The monoisotopic (exact) mass is 255 g/mol. The third-order valence-corrected chi connectivity index (χ3v) is 3.98. The average molecular weight is 255 g/mol.